The van der Waals surface area contributed by atoms with Crippen LogP contribution in [0.4, 0.5) is 0 Å². The Morgan fingerprint density at radius 3 is 2.36 bits per heavy atom. The summed E-state index contributed by atoms with van der Waals surface area (Å²) in [5, 5.41) is 9.18. The summed E-state index contributed by atoms with van der Waals surface area (Å²) in [4.78, 5) is 10.7. The molecule has 0 aliphatic carbocycles. The summed E-state index contributed by atoms with van der Waals surface area (Å²) in [5.74, 6) is -0.734. The van der Waals surface area contributed by atoms with E-state index >= 15 is 0 Å². The van der Waals surface area contributed by atoms with Crippen molar-refractivity contribution in [1.29, 1.82) is 0 Å². The van der Waals surface area contributed by atoms with Gasteiger partial charge < -0.3 is 5.11 Å². The van der Waals surface area contributed by atoms with Crippen LogP contribution in [0.5, 0.6) is 0 Å². The molecule has 11 heavy (non-hydrogen) atoms. The minimum absolute atomic E-state index is 0.418. The first-order valence-corrected chi connectivity index (χ1v) is 4.69. The molecule has 0 spiro atoms. The average molecular weight is 176 g/mol. The van der Waals surface area contributed by atoms with E-state index in [1.54, 1.807) is 13.8 Å². The summed E-state index contributed by atoms with van der Waals surface area (Å²) in [6, 6.07) is 0. The minimum Gasteiger partial charge on any atom is -0.480 e. The van der Waals surface area contributed by atoms with Crippen LogP contribution in [0, 0.1) is 0 Å². The first kappa shape index (κ1) is 10.8. The van der Waals surface area contributed by atoms with Gasteiger partial charge in [0.15, 0.2) is 0 Å². The van der Waals surface area contributed by atoms with Crippen molar-refractivity contribution in [2.75, 3.05) is 0 Å². The largest absolute Gasteiger partial charge is 0.480 e. The third-order valence-electron chi connectivity index (χ3n) is 1.59. The Bertz CT molecular complexity index is 143. The molecule has 0 saturated carbocycles. The third-order valence-corrected chi connectivity index (χ3v) is 3.09. The quantitative estimate of drug-likeness (QED) is 0.714. The van der Waals surface area contributed by atoms with E-state index < -0.39 is 10.7 Å². The molecule has 0 heterocycles. The van der Waals surface area contributed by atoms with E-state index in [-0.39, 0.29) is 0 Å². The average Bonchev–Trinajstić information content (AvgIpc) is 1.86. The molecular formula is C8H16O2S. The maximum Gasteiger partial charge on any atom is 0.319 e. The Morgan fingerprint density at radius 2 is 2.09 bits per heavy atom. The second-order valence-corrected chi connectivity index (χ2v) is 5.21. The second-order valence-electron chi connectivity index (χ2n) is 3.15. The van der Waals surface area contributed by atoms with Gasteiger partial charge in [-0.1, -0.05) is 13.8 Å². The van der Waals surface area contributed by atoms with E-state index in [2.05, 4.69) is 13.8 Å². The second kappa shape index (κ2) is 4.00. The smallest absolute Gasteiger partial charge is 0.319 e. The molecule has 1 atom stereocenters. The molecule has 0 radical (unpaired) electrons. The van der Waals surface area contributed by atoms with Crippen LogP contribution >= 0.6 is 11.8 Å². The summed E-state index contributed by atoms with van der Waals surface area (Å²) in [6.45, 7) is 7.60. The maximum absolute atomic E-state index is 10.7. The fraction of sp³-hybridized carbons (Fsp3) is 0.875. The molecule has 1 unspecified atom stereocenters. The molecule has 0 aromatic heterocycles. The van der Waals surface area contributed by atoms with Crippen LogP contribution in [-0.2, 0) is 4.79 Å². The van der Waals surface area contributed by atoms with Gasteiger partial charge in [0.25, 0.3) is 0 Å². The van der Waals surface area contributed by atoms with Crippen LogP contribution in [0.25, 0.3) is 0 Å². The molecule has 3 heteroatoms. The zero-order valence-corrected chi connectivity index (χ0v) is 8.36. The maximum atomic E-state index is 10.7. The lowest BCUT2D eigenvalue weighted by Gasteiger charge is -2.22. The number of aliphatic carboxylic acids is 1. The number of carbonyl (C=O) groups is 1. The first-order valence-electron chi connectivity index (χ1n) is 3.81. The lowest BCUT2D eigenvalue weighted by Crippen LogP contribution is -2.29. The van der Waals surface area contributed by atoms with Crippen LogP contribution in [0.3, 0.4) is 0 Å². The summed E-state index contributed by atoms with van der Waals surface area (Å²) in [5.41, 5.74) is 0. The number of hydrogen-bond acceptors (Lipinski definition) is 2. The van der Waals surface area contributed by atoms with Crippen LogP contribution in [-0.4, -0.2) is 21.1 Å². The van der Waals surface area contributed by atoms with Gasteiger partial charge in [-0.05, 0) is 20.3 Å². The number of carboxylic acid groups (broad SMARTS) is 1. The Morgan fingerprint density at radius 1 is 1.64 bits per heavy atom. The summed E-state index contributed by atoms with van der Waals surface area (Å²) < 4.78 is -0.643. The van der Waals surface area contributed by atoms with Gasteiger partial charge in [0.1, 0.15) is 4.75 Å². The highest BCUT2D eigenvalue weighted by molar-refractivity contribution is 8.01. The van der Waals surface area contributed by atoms with Gasteiger partial charge in [0, 0.05) is 5.25 Å². The topological polar surface area (TPSA) is 37.3 Å². The number of hydrogen-bond donors (Lipinski definition) is 1. The van der Waals surface area contributed by atoms with Gasteiger partial charge in [0.05, 0.1) is 0 Å². The van der Waals surface area contributed by atoms with Crippen molar-refractivity contribution in [3.05, 3.63) is 0 Å². The van der Waals surface area contributed by atoms with Crippen LogP contribution in [0.15, 0.2) is 0 Å². The minimum atomic E-state index is -0.734. The lowest BCUT2D eigenvalue weighted by atomic mass is 10.2. The Hall–Kier alpha value is -0.180. The van der Waals surface area contributed by atoms with E-state index in [0.29, 0.717) is 5.25 Å². The van der Waals surface area contributed by atoms with E-state index in [0.717, 1.165) is 6.42 Å². The van der Waals surface area contributed by atoms with Gasteiger partial charge in [-0.2, -0.15) is 0 Å². The van der Waals surface area contributed by atoms with E-state index in [4.69, 9.17) is 5.11 Å². The van der Waals surface area contributed by atoms with Crippen molar-refractivity contribution in [1.82, 2.24) is 0 Å². The highest BCUT2D eigenvalue weighted by Crippen LogP contribution is 2.30. The fourth-order valence-corrected chi connectivity index (χ4v) is 1.91. The molecule has 0 saturated heterocycles. The predicted molar refractivity (Wildman–Crippen MR) is 49.1 cm³/mol. The van der Waals surface area contributed by atoms with Crippen molar-refractivity contribution in [3.8, 4) is 0 Å². The zero-order chi connectivity index (χ0) is 9.07. The molecule has 0 bridgehead atoms. The molecule has 0 aromatic carbocycles. The van der Waals surface area contributed by atoms with Crippen molar-refractivity contribution in [2.45, 2.75) is 44.1 Å². The zero-order valence-electron chi connectivity index (χ0n) is 7.55. The molecule has 0 aliphatic heterocycles. The molecule has 0 aliphatic rings. The molecule has 2 nitrogen and oxygen atoms in total. The van der Waals surface area contributed by atoms with Crippen molar-refractivity contribution < 1.29 is 9.90 Å². The van der Waals surface area contributed by atoms with Crippen LogP contribution in [0.2, 0.25) is 0 Å². The Balaban J connectivity index is 4.01. The molecule has 1 N–H and O–H groups in total. The van der Waals surface area contributed by atoms with Gasteiger partial charge in [-0.25, -0.2) is 0 Å². The van der Waals surface area contributed by atoms with Gasteiger partial charge >= 0.3 is 5.97 Å². The molecule has 0 fully saturated rings. The SMILES string of the molecule is CCC(C)SC(C)(C)C(=O)O. The Labute approximate surface area is 72.4 Å². The van der Waals surface area contributed by atoms with E-state index in [1.165, 1.54) is 11.8 Å². The summed E-state index contributed by atoms with van der Waals surface area (Å²) in [6.07, 6.45) is 1.02. The standard InChI is InChI=1S/C8H16O2S/c1-5-6(2)11-8(3,4)7(9)10/h6H,5H2,1-4H3,(H,9,10). The van der Waals surface area contributed by atoms with Gasteiger partial charge in [0.2, 0.25) is 0 Å². The number of rotatable bonds is 4. The number of carboxylic acids is 1. The molecule has 66 valence electrons. The number of thioether (sulfide) groups is 1. The molecule has 0 amide bonds. The van der Waals surface area contributed by atoms with Gasteiger partial charge in [-0.3, -0.25) is 4.79 Å². The molecule has 0 rings (SSSR count). The predicted octanol–water partition coefficient (Wildman–Crippen LogP) is 2.38. The fourth-order valence-electron chi connectivity index (χ4n) is 0.637. The van der Waals surface area contributed by atoms with Crippen LogP contribution < -0.4 is 0 Å². The van der Waals surface area contributed by atoms with E-state index in [9.17, 15) is 4.79 Å². The lowest BCUT2D eigenvalue weighted by molar-refractivity contribution is -0.138. The van der Waals surface area contributed by atoms with E-state index in [1.807, 2.05) is 0 Å². The summed E-state index contributed by atoms with van der Waals surface area (Å²) in [7, 11) is 0. The highest BCUT2D eigenvalue weighted by Gasteiger charge is 2.29. The van der Waals surface area contributed by atoms with Crippen molar-refractivity contribution in [2.24, 2.45) is 0 Å². The Kier molecular flexibility index (Phi) is 3.93. The van der Waals surface area contributed by atoms with Crippen molar-refractivity contribution in [3.63, 3.8) is 0 Å². The molecular weight excluding hydrogens is 160 g/mol. The van der Waals surface area contributed by atoms with Crippen LogP contribution in [0.1, 0.15) is 34.1 Å². The summed E-state index contributed by atoms with van der Waals surface area (Å²) >= 11 is 1.51. The normalized spacial score (nSPS) is 14.5. The highest BCUT2D eigenvalue weighted by atomic mass is 32.2. The van der Waals surface area contributed by atoms with Gasteiger partial charge in [-0.15, -0.1) is 11.8 Å². The first-order chi connectivity index (χ1) is 4.90. The van der Waals surface area contributed by atoms with Crippen molar-refractivity contribution >= 4 is 17.7 Å². The monoisotopic (exact) mass is 176 g/mol. The molecule has 0 aromatic rings. The third kappa shape index (κ3) is 3.65.